The summed E-state index contributed by atoms with van der Waals surface area (Å²) in [5.41, 5.74) is 7.86. The maximum atomic E-state index is 13.7. The molecule has 0 aliphatic rings. The van der Waals surface area contributed by atoms with Gasteiger partial charge in [-0.3, -0.25) is 0 Å². The average molecular weight is 255 g/mol. The molecule has 1 unspecified atom stereocenters. The minimum Gasteiger partial charge on any atom is -0.396 e. The Labute approximate surface area is 111 Å². The van der Waals surface area contributed by atoms with Crippen molar-refractivity contribution in [3.8, 4) is 6.07 Å². The molecule has 0 spiro atoms. The molecule has 96 valence electrons. The monoisotopic (exact) mass is 255 g/mol. The first-order valence-corrected chi connectivity index (χ1v) is 5.93. The summed E-state index contributed by atoms with van der Waals surface area (Å²) < 4.78 is 13.7. The highest BCUT2D eigenvalue weighted by molar-refractivity contribution is 5.73. The number of nitrogens with zero attached hydrogens (tertiary/aromatic N) is 1. The SMILES string of the molecule is CC(Nc1cccc(C#N)c1N)c1ccccc1F. The second kappa shape index (κ2) is 5.40. The normalized spacial score (nSPS) is 11.6. The van der Waals surface area contributed by atoms with Gasteiger partial charge in [-0.25, -0.2) is 4.39 Å². The largest absolute Gasteiger partial charge is 0.396 e. The topological polar surface area (TPSA) is 61.8 Å². The molecule has 3 nitrogen and oxygen atoms in total. The summed E-state index contributed by atoms with van der Waals surface area (Å²) in [6.07, 6.45) is 0. The summed E-state index contributed by atoms with van der Waals surface area (Å²) in [7, 11) is 0. The van der Waals surface area contributed by atoms with Gasteiger partial charge in [0.15, 0.2) is 0 Å². The lowest BCUT2D eigenvalue weighted by Gasteiger charge is -2.18. The number of rotatable bonds is 3. The van der Waals surface area contributed by atoms with Gasteiger partial charge in [0.2, 0.25) is 0 Å². The Balaban J connectivity index is 2.28. The Morgan fingerprint density at radius 3 is 2.63 bits per heavy atom. The van der Waals surface area contributed by atoms with E-state index in [-0.39, 0.29) is 11.9 Å². The molecule has 2 aromatic carbocycles. The van der Waals surface area contributed by atoms with Crippen LogP contribution in [0.15, 0.2) is 42.5 Å². The van der Waals surface area contributed by atoms with Crippen LogP contribution >= 0.6 is 0 Å². The molecular formula is C15H14FN3. The second-order valence-corrected chi connectivity index (χ2v) is 4.27. The molecule has 0 bridgehead atoms. The molecule has 0 aliphatic heterocycles. The first-order chi connectivity index (χ1) is 9.13. The van der Waals surface area contributed by atoms with Crippen molar-refractivity contribution in [2.45, 2.75) is 13.0 Å². The number of halogens is 1. The van der Waals surface area contributed by atoms with E-state index in [0.717, 1.165) is 0 Å². The molecule has 0 heterocycles. The number of para-hydroxylation sites is 1. The van der Waals surface area contributed by atoms with E-state index in [9.17, 15) is 4.39 Å². The van der Waals surface area contributed by atoms with Crippen LogP contribution in [-0.4, -0.2) is 0 Å². The van der Waals surface area contributed by atoms with Crippen molar-refractivity contribution < 1.29 is 4.39 Å². The summed E-state index contributed by atoms with van der Waals surface area (Å²) in [5, 5.41) is 12.0. The summed E-state index contributed by atoms with van der Waals surface area (Å²) in [4.78, 5) is 0. The predicted molar refractivity (Wildman–Crippen MR) is 74.0 cm³/mol. The molecule has 1 atom stereocenters. The van der Waals surface area contributed by atoms with Gasteiger partial charge in [-0.15, -0.1) is 0 Å². The molecule has 0 amide bonds. The van der Waals surface area contributed by atoms with E-state index in [2.05, 4.69) is 5.32 Å². The molecule has 2 aromatic rings. The molecule has 0 saturated heterocycles. The van der Waals surface area contributed by atoms with Crippen molar-refractivity contribution in [3.63, 3.8) is 0 Å². The lowest BCUT2D eigenvalue weighted by atomic mass is 10.1. The lowest BCUT2D eigenvalue weighted by Crippen LogP contribution is -2.10. The fourth-order valence-electron chi connectivity index (χ4n) is 1.93. The van der Waals surface area contributed by atoms with Gasteiger partial charge in [0.05, 0.1) is 23.0 Å². The molecule has 19 heavy (non-hydrogen) atoms. The standard InChI is InChI=1S/C15H14FN3/c1-10(12-6-2-3-7-13(12)16)19-14-8-4-5-11(9-17)15(14)18/h2-8,10,19H,18H2,1H3. The van der Waals surface area contributed by atoms with Crippen LogP contribution in [0.4, 0.5) is 15.8 Å². The summed E-state index contributed by atoms with van der Waals surface area (Å²) >= 11 is 0. The quantitative estimate of drug-likeness (QED) is 0.826. The zero-order valence-corrected chi connectivity index (χ0v) is 10.5. The van der Waals surface area contributed by atoms with Crippen molar-refractivity contribution >= 4 is 11.4 Å². The zero-order valence-electron chi connectivity index (χ0n) is 10.5. The van der Waals surface area contributed by atoms with E-state index in [1.807, 2.05) is 13.0 Å². The van der Waals surface area contributed by atoms with Gasteiger partial charge in [-0.05, 0) is 25.1 Å². The van der Waals surface area contributed by atoms with Crippen LogP contribution in [0.3, 0.4) is 0 Å². The third-order valence-corrected chi connectivity index (χ3v) is 2.97. The van der Waals surface area contributed by atoms with Crippen molar-refractivity contribution in [2.75, 3.05) is 11.1 Å². The molecule has 0 fully saturated rings. The Hall–Kier alpha value is -2.54. The van der Waals surface area contributed by atoms with E-state index < -0.39 is 0 Å². The Morgan fingerprint density at radius 2 is 1.95 bits per heavy atom. The number of nitrogens with two attached hydrogens (primary N) is 1. The van der Waals surface area contributed by atoms with Gasteiger partial charge in [-0.1, -0.05) is 24.3 Å². The number of anilines is 2. The highest BCUT2D eigenvalue weighted by Gasteiger charge is 2.12. The molecule has 0 radical (unpaired) electrons. The molecule has 0 aromatic heterocycles. The fraction of sp³-hybridized carbons (Fsp3) is 0.133. The van der Waals surface area contributed by atoms with Gasteiger partial charge in [-0.2, -0.15) is 5.26 Å². The van der Waals surface area contributed by atoms with Crippen LogP contribution in [0.5, 0.6) is 0 Å². The van der Waals surface area contributed by atoms with E-state index >= 15 is 0 Å². The Morgan fingerprint density at radius 1 is 1.21 bits per heavy atom. The van der Waals surface area contributed by atoms with E-state index in [1.165, 1.54) is 6.07 Å². The first kappa shape index (κ1) is 12.9. The fourth-order valence-corrected chi connectivity index (χ4v) is 1.93. The molecule has 0 aliphatic carbocycles. The summed E-state index contributed by atoms with van der Waals surface area (Å²) in [6.45, 7) is 1.84. The molecule has 0 saturated carbocycles. The van der Waals surface area contributed by atoms with Crippen LogP contribution in [-0.2, 0) is 0 Å². The van der Waals surface area contributed by atoms with Crippen LogP contribution in [0.25, 0.3) is 0 Å². The number of benzene rings is 2. The minimum absolute atomic E-state index is 0.238. The molecule has 2 rings (SSSR count). The Kier molecular flexibility index (Phi) is 3.67. The van der Waals surface area contributed by atoms with Gasteiger partial charge in [0, 0.05) is 5.56 Å². The number of hydrogen-bond acceptors (Lipinski definition) is 3. The summed E-state index contributed by atoms with van der Waals surface area (Å²) in [5.74, 6) is -0.266. The van der Waals surface area contributed by atoms with Crippen molar-refractivity contribution in [3.05, 3.63) is 59.4 Å². The van der Waals surface area contributed by atoms with E-state index in [0.29, 0.717) is 22.5 Å². The maximum Gasteiger partial charge on any atom is 0.128 e. The Bertz CT molecular complexity index is 632. The highest BCUT2D eigenvalue weighted by atomic mass is 19.1. The van der Waals surface area contributed by atoms with Gasteiger partial charge < -0.3 is 11.1 Å². The van der Waals surface area contributed by atoms with E-state index in [4.69, 9.17) is 11.0 Å². The van der Waals surface area contributed by atoms with Crippen LogP contribution in [0.2, 0.25) is 0 Å². The average Bonchev–Trinajstić information content (AvgIpc) is 2.41. The zero-order chi connectivity index (χ0) is 13.8. The number of nitrogens with one attached hydrogen (secondary N) is 1. The van der Waals surface area contributed by atoms with Crippen LogP contribution in [0.1, 0.15) is 24.1 Å². The van der Waals surface area contributed by atoms with Gasteiger partial charge >= 0.3 is 0 Å². The minimum atomic E-state index is -0.266. The molecule has 3 N–H and O–H groups in total. The van der Waals surface area contributed by atoms with Crippen LogP contribution < -0.4 is 11.1 Å². The van der Waals surface area contributed by atoms with Gasteiger partial charge in [0.25, 0.3) is 0 Å². The first-order valence-electron chi connectivity index (χ1n) is 5.93. The number of hydrogen-bond donors (Lipinski definition) is 2. The molecule has 4 heteroatoms. The molecular weight excluding hydrogens is 241 g/mol. The smallest absolute Gasteiger partial charge is 0.128 e. The number of nitriles is 1. The van der Waals surface area contributed by atoms with Crippen molar-refractivity contribution in [1.29, 1.82) is 5.26 Å². The second-order valence-electron chi connectivity index (χ2n) is 4.27. The third-order valence-electron chi connectivity index (χ3n) is 2.97. The van der Waals surface area contributed by atoms with E-state index in [1.54, 1.807) is 36.4 Å². The number of nitrogen functional groups attached to an aromatic ring is 1. The third kappa shape index (κ3) is 2.66. The van der Waals surface area contributed by atoms with Crippen molar-refractivity contribution in [1.82, 2.24) is 0 Å². The van der Waals surface area contributed by atoms with Gasteiger partial charge in [0.1, 0.15) is 11.9 Å². The predicted octanol–water partition coefficient (Wildman–Crippen LogP) is 3.45. The summed E-state index contributed by atoms with van der Waals surface area (Å²) in [6, 6.07) is 13.5. The van der Waals surface area contributed by atoms with Crippen LogP contribution in [0, 0.1) is 17.1 Å². The lowest BCUT2D eigenvalue weighted by molar-refractivity contribution is 0.600. The highest BCUT2D eigenvalue weighted by Crippen LogP contribution is 2.27. The van der Waals surface area contributed by atoms with Crippen molar-refractivity contribution in [2.24, 2.45) is 0 Å². The maximum absolute atomic E-state index is 13.7.